The van der Waals surface area contributed by atoms with Crippen molar-refractivity contribution in [1.82, 2.24) is 0 Å². The predicted molar refractivity (Wildman–Crippen MR) is 34.1 cm³/mol. The van der Waals surface area contributed by atoms with Gasteiger partial charge in [0.1, 0.15) is 0 Å². The molecule has 0 bridgehead atoms. The summed E-state index contributed by atoms with van der Waals surface area (Å²) in [4.78, 5) is 10.3. The van der Waals surface area contributed by atoms with Gasteiger partial charge in [0.15, 0.2) is 0 Å². The predicted octanol–water partition coefficient (Wildman–Crippen LogP) is -0.360. The first-order chi connectivity index (χ1) is 4.68. The van der Waals surface area contributed by atoms with Gasteiger partial charge in [0, 0.05) is 0 Å². The molecular weight excluding hydrogens is 136 g/mol. The molecule has 10 heavy (non-hydrogen) atoms. The van der Waals surface area contributed by atoms with Gasteiger partial charge in [-0.25, -0.2) is 4.79 Å². The molecule has 0 heterocycles. The van der Waals surface area contributed by atoms with Gasteiger partial charge in [-0.2, -0.15) is 0 Å². The van der Waals surface area contributed by atoms with Crippen molar-refractivity contribution in [2.24, 2.45) is 0 Å². The van der Waals surface area contributed by atoms with Gasteiger partial charge in [0.2, 0.25) is 0 Å². The topological polar surface area (TPSA) is 66.8 Å². The highest BCUT2D eigenvalue weighted by Crippen LogP contribution is 1.90. The van der Waals surface area contributed by atoms with E-state index >= 15 is 0 Å². The Labute approximate surface area is 59.4 Å². The molecule has 0 rings (SSSR count). The van der Waals surface area contributed by atoms with E-state index in [4.69, 9.17) is 10.2 Å². The molecule has 0 aliphatic heterocycles. The minimum absolute atomic E-state index is 0.257. The van der Waals surface area contributed by atoms with E-state index in [-0.39, 0.29) is 6.61 Å². The number of unbranched alkanes of at least 4 members (excludes halogenated alkanes) is 1. The molecule has 0 aliphatic carbocycles. The highest BCUT2D eigenvalue weighted by molar-refractivity contribution is 5.72. The molecule has 0 saturated heterocycles. The molecule has 4 heteroatoms. The molecule has 60 valence electrons. The summed E-state index contributed by atoms with van der Waals surface area (Å²) in [5.74, 6) is -0.978. The average molecular weight is 148 g/mol. The molecule has 0 aromatic carbocycles. The fourth-order valence-corrected chi connectivity index (χ4v) is 0.392. The summed E-state index contributed by atoms with van der Waals surface area (Å²) in [6, 6.07) is 0. The molecule has 0 amide bonds. The molecular formula is C6H12O4. The lowest BCUT2D eigenvalue weighted by Crippen LogP contribution is -2.22. The Morgan fingerprint density at radius 1 is 1.60 bits per heavy atom. The van der Waals surface area contributed by atoms with Gasteiger partial charge in [-0.15, -0.1) is 0 Å². The molecule has 0 aliphatic rings. The van der Waals surface area contributed by atoms with Crippen molar-refractivity contribution in [2.75, 3.05) is 6.61 Å². The number of carbonyl (C=O) groups excluding carboxylic acids is 1. The van der Waals surface area contributed by atoms with Crippen LogP contribution in [0.3, 0.4) is 0 Å². The maximum atomic E-state index is 10.3. The van der Waals surface area contributed by atoms with Crippen LogP contribution in [0.2, 0.25) is 0 Å². The van der Waals surface area contributed by atoms with Gasteiger partial charge in [0.25, 0.3) is 6.29 Å². The van der Waals surface area contributed by atoms with Crippen molar-refractivity contribution in [3.63, 3.8) is 0 Å². The standard InChI is InChI=1S/C6H12O4/c1-2-3-4-10-6(9)5(7)8/h5,7-8H,2-4H2,1H3. The molecule has 0 aromatic rings. The first-order valence-corrected chi connectivity index (χ1v) is 3.21. The minimum atomic E-state index is -1.99. The van der Waals surface area contributed by atoms with Gasteiger partial charge >= 0.3 is 5.97 Å². The van der Waals surface area contributed by atoms with E-state index in [2.05, 4.69) is 4.74 Å². The zero-order valence-corrected chi connectivity index (χ0v) is 5.91. The monoisotopic (exact) mass is 148 g/mol. The van der Waals surface area contributed by atoms with Crippen molar-refractivity contribution in [3.8, 4) is 0 Å². The first-order valence-electron chi connectivity index (χ1n) is 3.21. The zero-order valence-electron chi connectivity index (χ0n) is 5.91. The number of ether oxygens (including phenoxy) is 1. The van der Waals surface area contributed by atoms with Crippen LogP contribution in [0, 0.1) is 0 Å². The quantitative estimate of drug-likeness (QED) is 0.324. The lowest BCUT2D eigenvalue weighted by atomic mass is 10.4. The SMILES string of the molecule is CCCCOC(=O)C(O)O. The second kappa shape index (κ2) is 5.20. The average Bonchev–Trinajstić information content (AvgIpc) is 1.88. The highest BCUT2D eigenvalue weighted by atomic mass is 16.6. The van der Waals surface area contributed by atoms with Crippen molar-refractivity contribution >= 4 is 5.97 Å². The number of carbonyl (C=O) groups is 1. The summed E-state index contributed by atoms with van der Waals surface area (Å²) >= 11 is 0. The molecule has 2 N–H and O–H groups in total. The van der Waals surface area contributed by atoms with E-state index < -0.39 is 12.3 Å². The van der Waals surface area contributed by atoms with E-state index in [1.54, 1.807) is 0 Å². The van der Waals surface area contributed by atoms with E-state index in [0.29, 0.717) is 0 Å². The largest absolute Gasteiger partial charge is 0.462 e. The van der Waals surface area contributed by atoms with E-state index in [9.17, 15) is 4.79 Å². The Bertz CT molecular complexity index is 99.9. The second-order valence-corrected chi connectivity index (χ2v) is 1.89. The third-order valence-corrected chi connectivity index (χ3v) is 0.953. The fourth-order valence-electron chi connectivity index (χ4n) is 0.392. The van der Waals surface area contributed by atoms with Crippen LogP contribution in [0.1, 0.15) is 19.8 Å². The van der Waals surface area contributed by atoms with Gasteiger partial charge in [-0.3, -0.25) is 0 Å². The molecule has 0 radical (unpaired) electrons. The Balaban J connectivity index is 3.22. The van der Waals surface area contributed by atoms with Crippen LogP contribution < -0.4 is 0 Å². The molecule has 0 aromatic heterocycles. The maximum Gasteiger partial charge on any atom is 0.363 e. The Morgan fingerprint density at radius 2 is 2.20 bits per heavy atom. The van der Waals surface area contributed by atoms with Crippen molar-refractivity contribution in [2.45, 2.75) is 26.1 Å². The summed E-state index contributed by atoms with van der Waals surface area (Å²) < 4.78 is 4.40. The third-order valence-electron chi connectivity index (χ3n) is 0.953. The Morgan fingerprint density at radius 3 is 2.60 bits per heavy atom. The molecule has 0 atom stereocenters. The number of esters is 1. The van der Waals surface area contributed by atoms with E-state index in [0.717, 1.165) is 12.8 Å². The number of rotatable bonds is 4. The van der Waals surface area contributed by atoms with Crippen molar-refractivity contribution < 1.29 is 19.7 Å². The smallest absolute Gasteiger partial charge is 0.363 e. The van der Waals surface area contributed by atoms with Crippen molar-refractivity contribution in [3.05, 3.63) is 0 Å². The van der Waals surface area contributed by atoms with Crippen LogP contribution in [0.5, 0.6) is 0 Å². The third kappa shape index (κ3) is 4.29. The van der Waals surface area contributed by atoms with Crippen molar-refractivity contribution in [1.29, 1.82) is 0 Å². The van der Waals surface area contributed by atoms with Gasteiger partial charge in [-0.05, 0) is 6.42 Å². The van der Waals surface area contributed by atoms with E-state index in [1.807, 2.05) is 6.92 Å². The summed E-state index contributed by atoms with van der Waals surface area (Å²) in [6.07, 6.45) is -0.329. The molecule has 0 fully saturated rings. The van der Waals surface area contributed by atoms with Gasteiger partial charge < -0.3 is 14.9 Å². The van der Waals surface area contributed by atoms with Crippen LogP contribution >= 0.6 is 0 Å². The highest BCUT2D eigenvalue weighted by Gasteiger charge is 2.10. The van der Waals surface area contributed by atoms with Gasteiger partial charge in [-0.1, -0.05) is 13.3 Å². The summed E-state index contributed by atoms with van der Waals surface area (Å²) in [5.41, 5.74) is 0. The lowest BCUT2D eigenvalue weighted by molar-refractivity contribution is -0.173. The van der Waals surface area contributed by atoms with Crippen LogP contribution in [0.4, 0.5) is 0 Å². The van der Waals surface area contributed by atoms with Gasteiger partial charge in [0.05, 0.1) is 6.61 Å². The summed E-state index contributed by atoms with van der Waals surface area (Å²) in [6.45, 7) is 2.20. The molecule has 4 nitrogen and oxygen atoms in total. The normalized spacial score (nSPS) is 10.0. The Kier molecular flexibility index (Phi) is 4.88. The van der Waals surface area contributed by atoms with Crippen LogP contribution in [-0.4, -0.2) is 29.1 Å². The first kappa shape index (κ1) is 9.39. The second-order valence-electron chi connectivity index (χ2n) is 1.89. The van der Waals surface area contributed by atoms with E-state index in [1.165, 1.54) is 0 Å². The van der Waals surface area contributed by atoms with Crippen LogP contribution in [0.25, 0.3) is 0 Å². The van der Waals surface area contributed by atoms with Crippen LogP contribution in [0.15, 0.2) is 0 Å². The summed E-state index contributed by atoms with van der Waals surface area (Å²) in [5, 5.41) is 16.4. The lowest BCUT2D eigenvalue weighted by Gasteiger charge is -2.03. The number of aliphatic hydroxyl groups excluding tert-OH is 1. The summed E-state index contributed by atoms with van der Waals surface area (Å²) in [7, 11) is 0. The number of hydrogen-bond acceptors (Lipinski definition) is 4. The molecule has 0 saturated carbocycles. The maximum absolute atomic E-state index is 10.3. The molecule has 0 spiro atoms. The van der Waals surface area contributed by atoms with Crippen LogP contribution in [-0.2, 0) is 9.53 Å². The number of hydrogen-bond donors (Lipinski definition) is 2. The number of aliphatic hydroxyl groups is 2. The fraction of sp³-hybridized carbons (Fsp3) is 0.833. The minimum Gasteiger partial charge on any atom is -0.462 e. The molecule has 0 unspecified atom stereocenters. The Hall–Kier alpha value is -0.610. The zero-order chi connectivity index (χ0) is 7.98.